The summed E-state index contributed by atoms with van der Waals surface area (Å²) < 4.78 is 12.4. The van der Waals surface area contributed by atoms with Crippen LogP contribution in [0.4, 0.5) is 5.69 Å². The van der Waals surface area contributed by atoms with E-state index in [0.717, 1.165) is 41.3 Å². The van der Waals surface area contributed by atoms with Gasteiger partial charge in [-0.3, -0.25) is 4.79 Å². The quantitative estimate of drug-likeness (QED) is 0.446. The van der Waals surface area contributed by atoms with E-state index in [4.69, 9.17) is 9.47 Å². The highest BCUT2D eigenvalue weighted by Gasteiger charge is 2.15. The number of hydrogen-bond acceptors (Lipinski definition) is 3. The first kappa shape index (κ1) is 21.7. The Labute approximate surface area is 182 Å². The molecule has 1 aliphatic carbocycles. The van der Waals surface area contributed by atoms with E-state index in [1.807, 2.05) is 43.3 Å². The van der Waals surface area contributed by atoms with E-state index >= 15 is 0 Å². The molecule has 5 heteroatoms. The molecular weight excluding hydrogens is 430 g/mol. The summed E-state index contributed by atoms with van der Waals surface area (Å²) in [7, 11) is 0. The average molecular weight is 460 g/mol. The third-order valence-corrected chi connectivity index (χ3v) is 5.77. The van der Waals surface area contributed by atoms with Crippen molar-refractivity contribution in [3.8, 4) is 11.5 Å². The summed E-state index contributed by atoms with van der Waals surface area (Å²) in [4.78, 5) is 12.7. The van der Waals surface area contributed by atoms with Crippen LogP contribution in [-0.2, 0) is 0 Å². The van der Waals surface area contributed by atoms with Crippen LogP contribution in [-0.4, -0.2) is 19.1 Å². The van der Waals surface area contributed by atoms with E-state index < -0.39 is 0 Å². The minimum atomic E-state index is -0.191. The zero-order valence-corrected chi connectivity index (χ0v) is 18.7. The van der Waals surface area contributed by atoms with Crippen molar-refractivity contribution in [2.24, 2.45) is 5.92 Å². The van der Waals surface area contributed by atoms with Gasteiger partial charge in [-0.2, -0.15) is 0 Å². The van der Waals surface area contributed by atoms with Gasteiger partial charge in [-0.15, -0.1) is 0 Å². The summed E-state index contributed by atoms with van der Waals surface area (Å²) in [5, 5.41) is 2.94. The van der Waals surface area contributed by atoms with E-state index in [0.29, 0.717) is 17.9 Å². The lowest BCUT2D eigenvalue weighted by molar-refractivity contribution is 0.102. The van der Waals surface area contributed by atoms with E-state index in [1.54, 1.807) is 6.07 Å². The fraction of sp³-hybridized carbons (Fsp3) is 0.458. The Kier molecular flexibility index (Phi) is 8.41. The molecule has 0 radical (unpaired) electrons. The SMILES string of the molecule is CCCOc1ccc(Br)cc1C(=O)Nc1ccc(OCCC2CCCCC2)cc1. The van der Waals surface area contributed by atoms with E-state index in [-0.39, 0.29) is 5.91 Å². The summed E-state index contributed by atoms with van der Waals surface area (Å²) in [6, 6.07) is 13.0. The van der Waals surface area contributed by atoms with Gasteiger partial charge in [0.25, 0.3) is 5.91 Å². The van der Waals surface area contributed by atoms with Crippen molar-refractivity contribution in [1.82, 2.24) is 0 Å². The molecule has 29 heavy (non-hydrogen) atoms. The molecule has 1 fully saturated rings. The smallest absolute Gasteiger partial charge is 0.259 e. The van der Waals surface area contributed by atoms with Gasteiger partial charge in [-0.05, 0) is 61.2 Å². The number of nitrogens with one attached hydrogen (secondary N) is 1. The molecule has 2 aromatic rings. The molecule has 4 nitrogen and oxygen atoms in total. The highest BCUT2D eigenvalue weighted by molar-refractivity contribution is 9.10. The van der Waals surface area contributed by atoms with Crippen LogP contribution in [0.5, 0.6) is 11.5 Å². The fourth-order valence-corrected chi connectivity index (χ4v) is 4.03. The molecule has 156 valence electrons. The zero-order valence-electron chi connectivity index (χ0n) is 17.1. The molecule has 0 heterocycles. The molecule has 0 aromatic heterocycles. The Morgan fingerprint density at radius 1 is 1.03 bits per heavy atom. The number of anilines is 1. The van der Waals surface area contributed by atoms with Crippen LogP contribution < -0.4 is 14.8 Å². The van der Waals surface area contributed by atoms with Crippen LogP contribution in [0.2, 0.25) is 0 Å². The van der Waals surface area contributed by atoms with Crippen LogP contribution in [0.3, 0.4) is 0 Å². The molecule has 1 aliphatic rings. The molecular formula is C24H30BrNO3. The first-order valence-corrected chi connectivity index (χ1v) is 11.4. The predicted octanol–water partition coefficient (Wildman–Crippen LogP) is 6.84. The number of ether oxygens (including phenoxy) is 2. The summed E-state index contributed by atoms with van der Waals surface area (Å²) >= 11 is 3.43. The molecule has 0 aliphatic heterocycles. The van der Waals surface area contributed by atoms with Crippen LogP contribution in [0.1, 0.15) is 62.2 Å². The van der Waals surface area contributed by atoms with Crippen molar-refractivity contribution in [2.75, 3.05) is 18.5 Å². The number of benzene rings is 2. The van der Waals surface area contributed by atoms with Crippen molar-refractivity contribution in [3.05, 3.63) is 52.5 Å². The van der Waals surface area contributed by atoms with Gasteiger partial charge in [-0.25, -0.2) is 0 Å². The molecule has 1 saturated carbocycles. The van der Waals surface area contributed by atoms with E-state index in [9.17, 15) is 4.79 Å². The third-order valence-electron chi connectivity index (χ3n) is 5.28. The van der Waals surface area contributed by atoms with Gasteiger partial charge in [0.15, 0.2) is 0 Å². The Morgan fingerprint density at radius 2 is 1.79 bits per heavy atom. The van der Waals surface area contributed by atoms with E-state index in [1.165, 1.54) is 32.1 Å². The molecule has 0 saturated heterocycles. The topological polar surface area (TPSA) is 47.6 Å². The van der Waals surface area contributed by atoms with Gasteiger partial charge in [0, 0.05) is 10.2 Å². The number of amides is 1. The molecule has 1 amide bonds. The van der Waals surface area contributed by atoms with Crippen molar-refractivity contribution in [1.29, 1.82) is 0 Å². The predicted molar refractivity (Wildman–Crippen MR) is 121 cm³/mol. The molecule has 0 unspecified atom stereocenters. The van der Waals surface area contributed by atoms with Gasteiger partial charge in [0.2, 0.25) is 0 Å². The van der Waals surface area contributed by atoms with Crippen LogP contribution in [0.15, 0.2) is 46.9 Å². The Morgan fingerprint density at radius 3 is 2.52 bits per heavy atom. The number of rotatable bonds is 9. The number of halogens is 1. The summed E-state index contributed by atoms with van der Waals surface area (Å²) in [6.45, 7) is 3.37. The van der Waals surface area contributed by atoms with Crippen molar-refractivity contribution in [2.45, 2.75) is 51.9 Å². The average Bonchev–Trinajstić information content (AvgIpc) is 2.75. The maximum absolute atomic E-state index is 12.7. The maximum atomic E-state index is 12.7. The normalized spacial score (nSPS) is 14.4. The highest BCUT2D eigenvalue weighted by Crippen LogP contribution is 2.27. The molecule has 0 spiro atoms. The third kappa shape index (κ3) is 6.77. The van der Waals surface area contributed by atoms with Gasteiger partial charge in [0.05, 0.1) is 18.8 Å². The summed E-state index contributed by atoms with van der Waals surface area (Å²) in [5.41, 5.74) is 1.25. The monoisotopic (exact) mass is 459 g/mol. The second-order valence-corrected chi connectivity index (χ2v) is 8.52. The van der Waals surface area contributed by atoms with Gasteiger partial charge >= 0.3 is 0 Å². The van der Waals surface area contributed by atoms with Crippen molar-refractivity contribution < 1.29 is 14.3 Å². The number of carbonyl (C=O) groups excluding carboxylic acids is 1. The second kappa shape index (κ2) is 11.2. The van der Waals surface area contributed by atoms with Crippen LogP contribution in [0, 0.1) is 5.92 Å². The lowest BCUT2D eigenvalue weighted by atomic mass is 9.87. The lowest BCUT2D eigenvalue weighted by Crippen LogP contribution is -2.14. The van der Waals surface area contributed by atoms with Crippen LogP contribution >= 0.6 is 15.9 Å². The Hall–Kier alpha value is -2.01. The zero-order chi connectivity index (χ0) is 20.5. The number of carbonyl (C=O) groups is 1. The van der Waals surface area contributed by atoms with Crippen molar-refractivity contribution >= 4 is 27.5 Å². The van der Waals surface area contributed by atoms with Crippen molar-refractivity contribution in [3.63, 3.8) is 0 Å². The largest absolute Gasteiger partial charge is 0.494 e. The lowest BCUT2D eigenvalue weighted by Gasteiger charge is -2.21. The van der Waals surface area contributed by atoms with Gasteiger partial charge in [0.1, 0.15) is 11.5 Å². The Balaban J connectivity index is 1.54. The molecule has 0 atom stereocenters. The first-order chi connectivity index (χ1) is 14.2. The number of hydrogen-bond donors (Lipinski definition) is 1. The first-order valence-electron chi connectivity index (χ1n) is 10.6. The standard InChI is InChI=1S/C24H30BrNO3/c1-2-15-29-23-13-8-19(25)17-22(23)24(27)26-20-9-11-21(12-10-20)28-16-14-18-6-4-3-5-7-18/h8-13,17-18H,2-7,14-16H2,1H3,(H,26,27). The second-order valence-electron chi connectivity index (χ2n) is 7.61. The molecule has 3 rings (SSSR count). The van der Waals surface area contributed by atoms with Gasteiger partial charge < -0.3 is 14.8 Å². The Bertz CT molecular complexity index is 785. The maximum Gasteiger partial charge on any atom is 0.259 e. The summed E-state index contributed by atoms with van der Waals surface area (Å²) in [5.74, 6) is 2.06. The fourth-order valence-electron chi connectivity index (χ4n) is 3.67. The molecule has 1 N–H and O–H groups in total. The van der Waals surface area contributed by atoms with Gasteiger partial charge in [-0.1, -0.05) is 55.0 Å². The minimum Gasteiger partial charge on any atom is -0.494 e. The summed E-state index contributed by atoms with van der Waals surface area (Å²) in [6.07, 6.45) is 8.81. The van der Waals surface area contributed by atoms with E-state index in [2.05, 4.69) is 21.2 Å². The van der Waals surface area contributed by atoms with Crippen LogP contribution in [0.25, 0.3) is 0 Å². The molecule has 2 aromatic carbocycles. The molecule has 0 bridgehead atoms. The highest BCUT2D eigenvalue weighted by atomic mass is 79.9. The minimum absolute atomic E-state index is 0.191.